The normalized spacial score (nSPS) is 20.3. The fraction of sp³-hybridized carbons (Fsp3) is 0.333. The Kier molecular flexibility index (Phi) is 6.56. The lowest BCUT2D eigenvalue weighted by atomic mass is 9.83. The smallest absolute Gasteiger partial charge is 0.337 e. The van der Waals surface area contributed by atoms with Crippen molar-refractivity contribution in [1.82, 2.24) is 4.90 Å². The highest BCUT2D eigenvalue weighted by Crippen LogP contribution is 2.50. The van der Waals surface area contributed by atoms with Gasteiger partial charge in [-0.3, -0.25) is 14.5 Å². The van der Waals surface area contributed by atoms with Gasteiger partial charge in [-0.1, -0.05) is 23.9 Å². The summed E-state index contributed by atoms with van der Waals surface area (Å²) in [6.45, 7) is 1.77. The van der Waals surface area contributed by atoms with E-state index in [-0.39, 0.29) is 35.0 Å². The second-order valence-corrected chi connectivity index (χ2v) is 7.81. The number of nitrogens with zero attached hydrogens (tertiary/aromatic N) is 2. The van der Waals surface area contributed by atoms with Gasteiger partial charge in [0.05, 0.1) is 55.4 Å². The fourth-order valence-electron chi connectivity index (χ4n) is 3.46. The first-order chi connectivity index (χ1) is 14.9. The van der Waals surface area contributed by atoms with E-state index in [9.17, 15) is 19.6 Å². The highest BCUT2D eigenvalue weighted by Gasteiger charge is 2.49. The second-order valence-electron chi connectivity index (χ2n) is 6.62. The molecular formula is C21H21N3O6S. The maximum Gasteiger partial charge on any atom is 0.337 e. The number of benzene rings is 1. The Hall–Kier alpha value is -3.45. The van der Waals surface area contributed by atoms with Gasteiger partial charge in [0.1, 0.15) is 16.8 Å². The van der Waals surface area contributed by atoms with Gasteiger partial charge in [-0.15, -0.1) is 0 Å². The van der Waals surface area contributed by atoms with Gasteiger partial charge in [0, 0.05) is 0 Å². The van der Waals surface area contributed by atoms with Crippen LogP contribution in [-0.4, -0.2) is 48.8 Å². The van der Waals surface area contributed by atoms with Crippen molar-refractivity contribution in [3.8, 4) is 11.8 Å². The van der Waals surface area contributed by atoms with E-state index >= 15 is 0 Å². The van der Waals surface area contributed by atoms with E-state index in [1.807, 2.05) is 6.07 Å². The first-order valence-corrected chi connectivity index (χ1v) is 10.3. The highest BCUT2D eigenvalue weighted by atomic mass is 32.2. The van der Waals surface area contributed by atoms with Crippen molar-refractivity contribution in [3.63, 3.8) is 0 Å². The molecule has 1 fully saturated rings. The van der Waals surface area contributed by atoms with E-state index in [0.717, 1.165) is 16.7 Å². The first kappa shape index (κ1) is 22.2. The van der Waals surface area contributed by atoms with Crippen LogP contribution in [0.25, 0.3) is 0 Å². The number of carbonyl (C=O) groups is 3. The van der Waals surface area contributed by atoms with Crippen molar-refractivity contribution >= 4 is 29.6 Å². The third kappa shape index (κ3) is 3.96. The summed E-state index contributed by atoms with van der Waals surface area (Å²) in [7, 11) is 2.76. The molecular weight excluding hydrogens is 422 g/mol. The molecule has 2 N–H and O–H groups in total. The summed E-state index contributed by atoms with van der Waals surface area (Å²) in [5.41, 5.74) is 7.02. The summed E-state index contributed by atoms with van der Waals surface area (Å²) in [6, 6.07) is 8.89. The number of thioether (sulfide) groups is 1. The number of ether oxygens (including phenoxy) is 3. The zero-order chi connectivity index (χ0) is 22.7. The number of carbonyl (C=O) groups excluding carboxylic acids is 3. The minimum absolute atomic E-state index is 0.0460. The van der Waals surface area contributed by atoms with Crippen LogP contribution < -0.4 is 10.5 Å². The largest absolute Gasteiger partial charge is 0.497 e. The van der Waals surface area contributed by atoms with Gasteiger partial charge < -0.3 is 19.9 Å². The quantitative estimate of drug-likeness (QED) is 0.653. The van der Waals surface area contributed by atoms with Gasteiger partial charge in [0.25, 0.3) is 0 Å². The van der Waals surface area contributed by atoms with Gasteiger partial charge in [-0.2, -0.15) is 5.26 Å². The Morgan fingerprint density at radius 2 is 1.94 bits per heavy atom. The molecule has 31 heavy (non-hydrogen) atoms. The summed E-state index contributed by atoms with van der Waals surface area (Å²) in [4.78, 5) is 38.9. The molecule has 0 unspecified atom stereocenters. The number of hydrogen-bond acceptors (Lipinski definition) is 9. The minimum Gasteiger partial charge on any atom is -0.497 e. The Balaban J connectivity index is 2.19. The van der Waals surface area contributed by atoms with Gasteiger partial charge in [0.2, 0.25) is 5.91 Å². The van der Waals surface area contributed by atoms with Crippen molar-refractivity contribution in [2.75, 3.05) is 20.8 Å². The third-order valence-corrected chi connectivity index (χ3v) is 6.20. The summed E-state index contributed by atoms with van der Waals surface area (Å²) in [5, 5.41) is 9.30. The summed E-state index contributed by atoms with van der Waals surface area (Å²) in [6.07, 6.45) is -0.196. The van der Waals surface area contributed by atoms with E-state index in [1.165, 1.54) is 14.2 Å². The molecule has 0 radical (unpaired) electrons. The van der Waals surface area contributed by atoms with Crippen molar-refractivity contribution in [3.05, 3.63) is 51.8 Å². The van der Waals surface area contributed by atoms with Crippen molar-refractivity contribution in [1.29, 1.82) is 5.26 Å². The number of hydrogen-bond donors (Lipinski definition) is 1. The van der Waals surface area contributed by atoms with Crippen LogP contribution in [0, 0.1) is 11.3 Å². The summed E-state index contributed by atoms with van der Waals surface area (Å²) >= 11 is 1.04. The topological polar surface area (TPSA) is 132 Å². The second kappa shape index (κ2) is 9.14. The lowest BCUT2D eigenvalue weighted by molar-refractivity contribution is -0.142. The molecule has 1 amide bonds. The van der Waals surface area contributed by atoms with E-state index in [2.05, 4.69) is 4.74 Å². The SMILES string of the molecule is CCOC(=O)C1=C2S[C@@H](CC(=O)OC)C(=O)N2C(N)=C(C#N)[C@H]1c1ccc(OC)cc1. The van der Waals surface area contributed by atoms with Crippen LogP contribution in [0.1, 0.15) is 24.8 Å². The molecule has 2 atom stereocenters. The monoisotopic (exact) mass is 443 g/mol. The molecule has 0 spiro atoms. The number of methoxy groups -OCH3 is 2. The highest BCUT2D eigenvalue weighted by molar-refractivity contribution is 8.04. The number of nitriles is 1. The molecule has 10 heteroatoms. The lowest BCUT2D eigenvalue weighted by Crippen LogP contribution is -2.38. The zero-order valence-electron chi connectivity index (χ0n) is 17.2. The Labute approximate surface area is 183 Å². The standard InChI is InChI=1S/C21H21N3O6S/c1-4-30-21(27)17-16(11-5-7-12(28-2)8-6-11)13(10-22)18(23)24-19(26)14(31-20(17)24)9-15(25)29-3/h5-8,14,16H,4,9,23H2,1-3H3/t14-,16+/m0/s1. The van der Waals surface area contributed by atoms with Gasteiger partial charge >= 0.3 is 11.9 Å². The van der Waals surface area contributed by atoms with Gasteiger partial charge in [-0.05, 0) is 24.6 Å². The van der Waals surface area contributed by atoms with Crippen LogP contribution in [-0.2, 0) is 23.9 Å². The average molecular weight is 443 g/mol. The van der Waals surface area contributed by atoms with E-state index < -0.39 is 29.0 Å². The molecule has 1 saturated heterocycles. The molecule has 9 nitrogen and oxygen atoms in total. The molecule has 1 aromatic carbocycles. The molecule has 3 rings (SSSR count). The van der Waals surface area contributed by atoms with Crippen LogP contribution in [0.4, 0.5) is 0 Å². The van der Waals surface area contributed by atoms with E-state index in [0.29, 0.717) is 11.3 Å². The summed E-state index contributed by atoms with van der Waals surface area (Å²) < 4.78 is 15.1. The molecule has 2 aliphatic rings. The van der Waals surface area contributed by atoms with Crippen molar-refractivity contribution in [2.24, 2.45) is 5.73 Å². The van der Waals surface area contributed by atoms with Crippen LogP contribution >= 0.6 is 11.8 Å². The van der Waals surface area contributed by atoms with Gasteiger partial charge in [-0.25, -0.2) is 4.79 Å². The van der Waals surface area contributed by atoms with Crippen molar-refractivity contribution < 1.29 is 28.6 Å². The van der Waals surface area contributed by atoms with Gasteiger partial charge in [0.15, 0.2) is 0 Å². The Morgan fingerprint density at radius 3 is 2.48 bits per heavy atom. The number of fused-ring (bicyclic) bond motifs is 1. The Morgan fingerprint density at radius 1 is 1.26 bits per heavy atom. The van der Waals surface area contributed by atoms with Crippen molar-refractivity contribution in [2.45, 2.75) is 24.5 Å². The molecule has 2 heterocycles. The number of rotatable bonds is 6. The molecule has 162 valence electrons. The first-order valence-electron chi connectivity index (χ1n) is 9.40. The van der Waals surface area contributed by atoms with Crippen LogP contribution in [0.15, 0.2) is 46.3 Å². The molecule has 0 aromatic heterocycles. The maximum atomic E-state index is 13.0. The molecule has 0 aliphatic carbocycles. The third-order valence-electron chi connectivity index (χ3n) is 4.92. The van der Waals surface area contributed by atoms with Crippen LogP contribution in [0.3, 0.4) is 0 Å². The Bertz CT molecular complexity index is 1020. The number of amides is 1. The molecule has 0 saturated carbocycles. The van der Waals surface area contributed by atoms with E-state index in [4.69, 9.17) is 15.2 Å². The fourth-order valence-corrected chi connectivity index (χ4v) is 4.78. The van der Waals surface area contributed by atoms with Crippen LogP contribution in [0.5, 0.6) is 5.75 Å². The molecule has 1 aromatic rings. The van der Waals surface area contributed by atoms with Crippen LogP contribution in [0.2, 0.25) is 0 Å². The zero-order valence-corrected chi connectivity index (χ0v) is 18.0. The molecule has 2 aliphatic heterocycles. The predicted octanol–water partition coefficient (Wildman–Crippen LogP) is 1.77. The van der Waals surface area contributed by atoms with E-state index in [1.54, 1.807) is 31.2 Å². The average Bonchev–Trinajstić information content (AvgIpc) is 3.09. The predicted molar refractivity (Wildman–Crippen MR) is 111 cm³/mol. The maximum absolute atomic E-state index is 13.0. The number of esters is 2. The minimum atomic E-state index is -0.835. The number of nitrogens with two attached hydrogens (primary N) is 1. The lowest BCUT2D eigenvalue weighted by Gasteiger charge is -2.31. The number of allylic oxidation sites excluding steroid dienone is 1. The summed E-state index contributed by atoms with van der Waals surface area (Å²) in [5.74, 6) is -2.04. The molecule has 0 bridgehead atoms.